The van der Waals surface area contributed by atoms with Gasteiger partial charge >= 0.3 is 5.97 Å². The van der Waals surface area contributed by atoms with Crippen molar-refractivity contribution in [1.29, 1.82) is 0 Å². The molecule has 2 rings (SSSR count). The number of amides is 2. The maximum Gasteiger partial charge on any atom is 0.305 e. The van der Waals surface area contributed by atoms with Crippen molar-refractivity contribution in [2.75, 3.05) is 18.0 Å². The number of rotatable bonds is 4. The maximum atomic E-state index is 11.3. The molecule has 1 saturated heterocycles. The lowest BCUT2D eigenvalue weighted by Crippen LogP contribution is -2.51. The van der Waals surface area contributed by atoms with Gasteiger partial charge in [-0.05, 0) is 17.7 Å². The van der Waals surface area contributed by atoms with E-state index in [2.05, 4.69) is 5.32 Å². The normalized spacial score (nSPS) is 16.8. The molecular formula is C13H15N3O4. The van der Waals surface area contributed by atoms with E-state index >= 15 is 0 Å². The standard InChI is InChI=1S/C13H15N3O4/c14-10(5-13(19)20)8-1-3-9(4-2-8)16-6-11(17)15-12(18)7-16/h1-4,10H,5-7,14H2,(H,19,20)(H,15,17,18). The van der Waals surface area contributed by atoms with Crippen LogP contribution >= 0.6 is 0 Å². The molecule has 0 radical (unpaired) electrons. The number of imide groups is 1. The summed E-state index contributed by atoms with van der Waals surface area (Å²) in [5.74, 6) is -1.64. The summed E-state index contributed by atoms with van der Waals surface area (Å²) >= 11 is 0. The van der Waals surface area contributed by atoms with Gasteiger partial charge in [0.1, 0.15) is 0 Å². The first kappa shape index (κ1) is 14.0. The smallest absolute Gasteiger partial charge is 0.305 e. The van der Waals surface area contributed by atoms with E-state index in [9.17, 15) is 14.4 Å². The minimum absolute atomic E-state index is 0.117. The number of carbonyl (C=O) groups is 3. The second-order valence-electron chi connectivity index (χ2n) is 4.62. The Balaban J connectivity index is 2.09. The molecule has 2 amide bonds. The highest BCUT2D eigenvalue weighted by molar-refractivity contribution is 6.02. The minimum Gasteiger partial charge on any atom is -0.481 e. The van der Waals surface area contributed by atoms with Crippen molar-refractivity contribution in [3.63, 3.8) is 0 Å². The van der Waals surface area contributed by atoms with Crippen LogP contribution in [-0.4, -0.2) is 36.0 Å². The summed E-state index contributed by atoms with van der Waals surface area (Å²) in [6, 6.07) is 6.29. The van der Waals surface area contributed by atoms with E-state index in [0.29, 0.717) is 5.56 Å². The third kappa shape index (κ3) is 3.33. The molecule has 1 unspecified atom stereocenters. The van der Waals surface area contributed by atoms with Gasteiger partial charge in [0.2, 0.25) is 11.8 Å². The Morgan fingerprint density at radius 3 is 2.30 bits per heavy atom. The van der Waals surface area contributed by atoms with Crippen LogP contribution in [0.15, 0.2) is 24.3 Å². The second kappa shape index (κ2) is 5.70. The van der Waals surface area contributed by atoms with E-state index in [1.165, 1.54) is 0 Å². The van der Waals surface area contributed by atoms with Gasteiger partial charge in [0.05, 0.1) is 19.5 Å². The molecular weight excluding hydrogens is 262 g/mol. The van der Waals surface area contributed by atoms with Crippen LogP contribution in [0, 0.1) is 0 Å². The number of nitrogens with two attached hydrogens (primary N) is 1. The summed E-state index contributed by atoms with van der Waals surface area (Å²) in [5.41, 5.74) is 7.18. The highest BCUT2D eigenvalue weighted by Gasteiger charge is 2.22. The van der Waals surface area contributed by atoms with Crippen LogP contribution in [0.3, 0.4) is 0 Å². The van der Waals surface area contributed by atoms with E-state index in [-0.39, 0.29) is 31.3 Å². The number of carbonyl (C=O) groups excluding carboxylic acids is 2. The molecule has 0 saturated carbocycles. The first-order valence-electron chi connectivity index (χ1n) is 6.10. The molecule has 0 bridgehead atoms. The summed E-state index contributed by atoms with van der Waals surface area (Å²) in [6.45, 7) is 0.235. The van der Waals surface area contributed by atoms with E-state index in [0.717, 1.165) is 5.69 Å². The van der Waals surface area contributed by atoms with Crippen molar-refractivity contribution in [1.82, 2.24) is 5.32 Å². The Labute approximate surface area is 115 Å². The first-order valence-corrected chi connectivity index (χ1v) is 6.10. The number of piperazine rings is 1. The van der Waals surface area contributed by atoms with Gasteiger partial charge in [-0.1, -0.05) is 12.1 Å². The lowest BCUT2D eigenvalue weighted by molar-refractivity contribution is -0.137. The molecule has 1 fully saturated rings. The van der Waals surface area contributed by atoms with Crippen molar-refractivity contribution >= 4 is 23.5 Å². The summed E-state index contributed by atoms with van der Waals surface area (Å²) in [5, 5.41) is 10.9. The van der Waals surface area contributed by atoms with Gasteiger partial charge in [-0.25, -0.2) is 0 Å². The summed E-state index contributed by atoms with van der Waals surface area (Å²) in [7, 11) is 0. The zero-order valence-corrected chi connectivity index (χ0v) is 10.7. The number of carboxylic acids is 1. The average molecular weight is 277 g/mol. The minimum atomic E-state index is -0.958. The first-order chi connectivity index (χ1) is 9.45. The number of hydrogen-bond donors (Lipinski definition) is 3. The summed E-state index contributed by atoms with van der Waals surface area (Å²) in [6.07, 6.45) is -0.149. The SMILES string of the molecule is NC(CC(=O)O)c1ccc(N2CC(=O)NC(=O)C2)cc1. The quantitative estimate of drug-likeness (QED) is 0.647. The molecule has 1 aromatic rings. The summed E-state index contributed by atoms with van der Waals surface area (Å²) < 4.78 is 0. The lowest BCUT2D eigenvalue weighted by atomic mass is 10.0. The predicted octanol–water partition coefficient (Wildman–Crippen LogP) is -0.376. The van der Waals surface area contributed by atoms with Gasteiger partial charge in [-0.2, -0.15) is 0 Å². The molecule has 0 aromatic heterocycles. The molecule has 1 atom stereocenters. The fraction of sp³-hybridized carbons (Fsp3) is 0.308. The van der Waals surface area contributed by atoms with Crippen LogP contribution in [0.25, 0.3) is 0 Å². The molecule has 7 heteroatoms. The van der Waals surface area contributed by atoms with Crippen LogP contribution in [0.5, 0.6) is 0 Å². The molecule has 0 spiro atoms. The predicted molar refractivity (Wildman–Crippen MR) is 71.0 cm³/mol. The number of hydrogen-bond acceptors (Lipinski definition) is 5. The molecule has 106 valence electrons. The van der Waals surface area contributed by atoms with Crippen molar-refractivity contribution in [2.24, 2.45) is 5.73 Å². The Bertz CT molecular complexity index is 525. The average Bonchev–Trinajstić information content (AvgIpc) is 2.37. The number of aliphatic carboxylic acids is 1. The lowest BCUT2D eigenvalue weighted by Gasteiger charge is -2.27. The van der Waals surface area contributed by atoms with Crippen molar-refractivity contribution in [3.8, 4) is 0 Å². The van der Waals surface area contributed by atoms with E-state index in [4.69, 9.17) is 10.8 Å². The number of nitrogens with zero attached hydrogens (tertiary/aromatic N) is 1. The maximum absolute atomic E-state index is 11.3. The Kier molecular flexibility index (Phi) is 3.99. The van der Waals surface area contributed by atoms with Crippen LogP contribution in [0.4, 0.5) is 5.69 Å². The third-order valence-corrected chi connectivity index (χ3v) is 3.03. The van der Waals surface area contributed by atoms with E-state index < -0.39 is 12.0 Å². The van der Waals surface area contributed by atoms with Crippen molar-refractivity contribution < 1.29 is 19.5 Å². The van der Waals surface area contributed by atoms with Gasteiger partial charge in [0.15, 0.2) is 0 Å². The number of carboxylic acid groups (broad SMARTS) is 1. The number of anilines is 1. The van der Waals surface area contributed by atoms with Crippen LogP contribution < -0.4 is 16.0 Å². The van der Waals surface area contributed by atoms with Crippen molar-refractivity contribution in [3.05, 3.63) is 29.8 Å². The zero-order valence-electron chi connectivity index (χ0n) is 10.7. The highest BCUT2D eigenvalue weighted by Crippen LogP contribution is 2.20. The van der Waals surface area contributed by atoms with Crippen molar-refractivity contribution in [2.45, 2.75) is 12.5 Å². The van der Waals surface area contributed by atoms with Gasteiger partial charge in [0, 0.05) is 11.7 Å². The molecule has 1 aromatic carbocycles. The number of benzene rings is 1. The van der Waals surface area contributed by atoms with E-state index in [1.54, 1.807) is 29.2 Å². The van der Waals surface area contributed by atoms with E-state index in [1.807, 2.05) is 0 Å². The second-order valence-corrected chi connectivity index (χ2v) is 4.62. The van der Waals surface area contributed by atoms with Gasteiger partial charge in [0.25, 0.3) is 0 Å². The molecule has 4 N–H and O–H groups in total. The topological polar surface area (TPSA) is 113 Å². The Morgan fingerprint density at radius 1 is 1.25 bits per heavy atom. The largest absolute Gasteiger partial charge is 0.481 e. The molecule has 1 aliphatic heterocycles. The fourth-order valence-corrected chi connectivity index (χ4v) is 2.06. The Hall–Kier alpha value is -2.41. The van der Waals surface area contributed by atoms with Crippen LogP contribution in [-0.2, 0) is 14.4 Å². The molecule has 1 heterocycles. The molecule has 20 heavy (non-hydrogen) atoms. The monoisotopic (exact) mass is 277 g/mol. The molecule has 1 aliphatic rings. The highest BCUT2D eigenvalue weighted by atomic mass is 16.4. The van der Waals surface area contributed by atoms with Gasteiger partial charge < -0.3 is 15.7 Å². The van der Waals surface area contributed by atoms with Gasteiger partial charge in [-0.3, -0.25) is 19.7 Å². The van der Waals surface area contributed by atoms with Crippen LogP contribution in [0.1, 0.15) is 18.0 Å². The number of nitrogens with one attached hydrogen (secondary N) is 1. The fourth-order valence-electron chi connectivity index (χ4n) is 2.06. The van der Waals surface area contributed by atoms with Gasteiger partial charge in [-0.15, -0.1) is 0 Å². The zero-order chi connectivity index (χ0) is 14.7. The van der Waals surface area contributed by atoms with Crippen LogP contribution in [0.2, 0.25) is 0 Å². The Morgan fingerprint density at radius 2 is 1.80 bits per heavy atom. The molecule has 7 nitrogen and oxygen atoms in total. The molecule has 0 aliphatic carbocycles. The third-order valence-electron chi connectivity index (χ3n) is 3.03. The summed E-state index contributed by atoms with van der Waals surface area (Å²) in [4.78, 5) is 34.8.